The second-order valence-electron chi connectivity index (χ2n) is 2.85. The molecular formula is C11H26N2O. The largest absolute Gasteiger partial charge is 0.342 e. The fraction of sp³-hybridized carbons (Fsp3) is 0.909. The van der Waals surface area contributed by atoms with Gasteiger partial charge >= 0.3 is 0 Å². The summed E-state index contributed by atoms with van der Waals surface area (Å²) in [7, 11) is 0. The molecule has 0 aromatic rings. The Morgan fingerprint density at radius 1 is 1.21 bits per heavy atom. The summed E-state index contributed by atoms with van der Waals surface area (Å²) in [5, 5.41) is 3.26. The summed E-state index contributed by atoms with van der Waals surface area (Å²) in [5.41, 5.74) is 0. The number of likely N-dealkylation sites (N-methyl/N-ethyl adjacent to an activating group) is 1. The molecule has 0 unspecified atom stereocenters. The number of hydrogen-bond acceptors (Lipinski definition) is 2. The van der Waals surface area contributed by atoms with Crippen LogP contribution in [0, 0.1) is 0 Å². The molecule has 0 aliphatic heterocycles. The van der Waals surface area contributed by atoms with E-state index in [0.717, 1.165) is 32.6 Å². The molecule has 3 nitrogen and oxygen atoms in total. The van der Waals surface area contributed by atoms with Crippen LogP contribution in [0.25, 0.3) is 0 Å². The van der Waals surface area contributed by atoms with Crippen LogP contribution in [0.1, 0.15) is 41.0 Å². The lowest BCUT2D eigenvalue weighted by Crippen LogP contribution is -2.35. The van der Waals surface area contributed by atoms with Crippen LogP contribution in [0.15, 0.2) is 0 Å². The van der Waals surface area contributed by atoms with Crippen molar-refractivity contribution in [3.8, 4) is 0 Å². The van der Waals surface area contributed by atoms with Crippen molar-refractivity contribution in [3.63, 3.8) is 0 Å². The Balaban J connectivity index is 0. The van der Waals surface area contributed by atoms with Crippen LogP contribution >= 0.6 is 0 Å². The summed E-state index contributed by atoms with van der Waals surface area (Å²) in [6, 6.07) is 0. The van der Waals surface area contributed by atoms with Crippen molar-refractivity contribution in [2.24, 2.45) is 0 Å². The Bertz CT molecular complexity index is 126. The van der Waals surface area contributed by atoms with Gasteiger partial charge in [0.25, 0.3) is 0 Å². The number of hydrogen-bond donors (Lipinski definition) is 1. The Morgan fingerprint density at radius 3 is 2.14 bits per heavy atom. The monoisotopic (exact) mass is 202 g/mol. The summed E-state index contributed by atoms with van der Waals surface area (Å²) < 4.78 is 0. The van der Waals surface area contributed by atoms with Gasteiger partial charge in [-0.25, -0.2) is 0 Å². The fourth-order valence-corrected chi connectivity index (χ4v) is 1.05. The van der Waals surface area contributed by atoms with E-state index in [4.69, 9.17) is 0 Å². The fourth-order valence-electron chi connectivity index (χ4n) is 1.05. The summed E-state index contributed by atoms with van der Waals surface area (Å²) in [5.74, 6) is 0.163. The molecule has 0 saturated carbocycles. The second-order valence-corrected chi connectivity index (χ2v) is 2.85. The second kappa shape index (κ2) is 12.4. The molecule has 86 valence electrons. The van der Waals surface area contributed by atoms with Gasteiger partial charge in [0.05, 0.1) is 0 Å². The molecule has 0 heterocycles. The molecule has 3 heteroatoms. The molecule has 0 bridgehead atoms. The minimum Gasteiger partial charge on any atom is -0.342 e. The Morgan fingerprint density at radius 2 is 1.79 bits per heavy atom. The highest BCUT2D eigenvalue weighted by molar-refractivity contribution is 5.73. The van der Waals surface area contributed by atoms with Crippen LogP contribution in [-0.2, 0) is 4.79 Å². The Labute approximate surface area is 88.9 Å². The zero-order valence-electron chi connectivity index (χ0n) is 10.4. The van der Waals surface area contributed by atoms with Crippen molar-refractivity contribution in [3.05, 3.63) is 0 Å². The zero-order valence-corrected chi connectivity index (χ0v) is 10.4. The number of amides is 1. The first-order valence-corrected chi connectivity index (χ1v) is 5.68. The lowest BCUT2D eigenvalue weighted by atomic mass is 10.4. The number of nitrogens with zero attached hydrogens (tertiary/aromatic N) is 1. The molecule has 0 fully saturated rings. The first-order valence-electron chi connectivity index (χ1n) is 5.68. The summed E-state index contributed by atoms with van der Waals surface area (Å²) in [6.45, 7) is 13.3. The Kier molecular flexibility index (Phi) is 14.1. The molecule has 0 aromatic heterocycles. The topological polar surface area (TPSA) is 32.3 Å². The number of carbonyl (C=O) groups excluding carboxylic acids is 1. The van der Waals surface area contributed by atoms with E-state index in [1.807, 2.05) is 25.7 Å². The third-order valence-corrected chi connectivity index (χ3v) is 1.81. The molecule has 0 aliphatic rings. The van der Waals surface area contributed by atoms with Crippen molar-refractivity contribution in [1.82, 2.24) is 10.2 Å². The van der Waals surface area contributed by atoms with E-state index in [1.165, 1.54) is 0 Å². The van der Waals surface area contributed by atoms with Crippen LogP contribution in [0.3, 0.4) is 0 Å². The zero-order chi connectivity index (χ0) is 11.4. The van der Waals surface area contributed by atoms with Crippen molar-refractivity contribution in [1.29, 1.82) is 0 Å². The van der Waals surface area contributed by atoms with Gasteiger partial charge in [0.15, 0.2) is 0 Å². The van der Waals surface area contributed by atoms with E-state index in [2.05, 4.69) is 12.2 Å². The van der Waals surface area contributed by atoms with Gasteiger partial charge < -0.3 is 10.2 Å². The highest BCUT2D eigenvalue weighted by atomic mass is 16.2. The van der Waals surface area contributed by atoms with Crippen LogP contribution in [0.2, 0.25) is 0 Å². The summed E-state index contributed by atoms with van der Waals surface area (Å²) in [4.78, 5) is 12.8. The first-order chi connectivity index (χ1) is 6.72. The molecular weight excluding hydrogens is 176 g/mol. The van der Waals surface area contributed by atoms with Crippen LogP contribution in [0.5, 0.6) is 0 Å². The minimum absolute atomic E-state index is 0.163. The smallest absolute Gasteiger partial charge is 0.219 e. The van der Waals surface area contributed by atoms with Crippen LogP contribution < -0.4 is 5.32 Å². The van der Waals surface area contributed by atoms with E-state index >= 15 is 0 Å². The SMILES string of the molecule is CC.CCCNCCN(CC)C(C)=O. The predicted molar refractivity (Wildman–Crippen MR) is 62.4 cm³/mol. The Hall–Kier alpha value is -0.570. The van der Waals surface area contributed by atoms with Crippen LogP contribution in [-0.4, -0.2) is 37.0 Å². The van der Waals surface area contributed by atoms with Crippen molar-refractivity contribution in [2.45, 2.75) is 41.0 Å². The summed E-state index contributed by atoms with van der Waals surface area (Å²) in [6.07, 6.45) is 1.15. The van der Waals surface area contributed by atoms with Crippen molar-refractivity contribution < 1.29 is 4.79 Å². The minimum atomic E-state index is 0.163. The van der Waals surface area contributed by atoms with Gasteiger partial charge in [0.1, 0.15) is 0 Å². The molecule has 14 heavy (non-hydrogen) atoms. The number of carbonyl (C=O) groups is 1. The van der Waals surface area contributed by atoms with Crippen LogP contribution in [0.4, 0.5) is 0 Å². The molecule has 0 aliphatic carbocycles. The normalized spacial score (nSPS) is 8.93. The van der Waals surface area contributed by atoms with E-state index in [1.54, 1.807) is 6.92 Å². The molecule has 0 aromatic carbocycles. The van der Waals surface area contributed by atoms with Gasteiger partial charge in [-0.1, -0.05) is 20.8 Å². The quantitative estimate of drug-likeness (QED) is 0.667. The van der Waals surface area contributed by atoms with Gasteiger partial charge in [-0.15, -0.1) is 0 Å². The standard InChI is InChI=1S/C9H20N2O.C2H6/c1-4-6-10-7-8-11(5-2)9(3)12;1-2/h10H,4-8H2,1-3H3;1-2H3. The maximum Gasteiger partial charge on any atom is 0.219 e. The third kappa shape index (κ3) is 9.52. The van der Waals surface area contributed by atoms with Gasteiger partial charge in [-0.2, -0.15) is 0 Å². The number of nitrogens with one attached hydrogen (secondary N) is 1. The lowest BCUT2D eigenvalue weighted by Gasteiger charge is -2.18. The molecule has 0 radical (unpaired) electrons. The van der Waals surface area contributed by atoms with E-state index < -0.39 is 0 Å². The predicted octanol–water partition coefficient (Wildman–Crippen LogP) is 1.88. The average molecular weight is 202 g/mol. The third-order valence-electron chi connectivity index (χ3n) is 1.81. The average Bonchev–Trinajstić information content (AvgIpc) is 2.20. The number of rotatable bonds is 6. The van der Waals surface area contributed by atoms with Gasteiger partial charge in [-0.3, -0.25) is 4.79 Å². The van der Waals surface area contributed by atoms with Crippen molar-refractivity contribution in [2.75, 3.05) is 26.2 Å². The summed E-state index contributed by atoms with van der Waals surface area (Å²) >= 11 is 0. The molecule has 0 saturated heterocycles. The van der Waals surface area contributed by atoms with E-state index in [-0.39, 0.29) is 5.91 Å². The maximum absolute atomic E-state index is 10.9. The molecule has 1 N–H and O–H groups in total. The maximum atomic E-state index is 10.9. The van der Waals surface area contributed by atoms with Gasteiger partial charge in [0, 0.05) is 26.6 Å². The molecule has 0 spiro atoms. The van der Waals surface area contributed by atoms with Gasteiger partial charge in [-0.05, 0) is 19.9 Å². The van der Waals surface area contributed by atoms with Crippen molar-refractivity contribution >= 4 is 5.91 Å². The van der Waals surface area contributed by atoms with E-state index in [9.17, 15) is 4.79 Å². The molecule has 0 rings (SSSR count). The molecule has 0 atom stereocenters. The van der Waals surface area contributed by atoms with E-state index in [0.29, 0.717) is 0 Å². The first kappa shape index (κ1) is 15.9. The van der Waals surface area contributed by atoms with Gasteiger partial charge in [0.2, 0.25) is 5.91 Å². The lowest BCUT2D eigenvalue weighted by molar-refractivity contribution is -0.128. The highest BCUT2D eigenvalue weighted by Crippen LogP contribution is 1.86. The molecule has 1 amide bonds. The highest BCUT2D eigenvalue weighted by Gasteiger charge is 2.03.